The predicted molar refractivity (Wildman–Crippen MR) is 60.5 cm³/mol. The average Bonchev–Trinajstić information content (AvgIpc) is 2.31. The van der Waals surface area contributed by atoms with Crippen LogP contribution in [0.1, 0.15) is 26.7 Å². The van der Waals surface area contributed by atoms with Crippen molar-refractivity contribution in [1.29, 1.82) is 0 Å². The highest BCUT2D eigenvalue weighted by Gasteiger charge is 2.46. The number of hydrogen-bond donors (Lipinski definition) is 1. The van der Waals surface area contributed by atoms with Gasteiger partial charge >= 0.3 is 12.0 Å². The van der Waals surface area contributed by atoms with Crippen molar-refractivity contribution in [3.8, 4) is 0 Å². The molecule has 1 rings (SSSR count). The lowest BCUT2D eigenvalue weighted by Crippen LogP contribution is -2.60. The van der Waals surface area contributed by atoms with Crippen LogP contribution in [0.2, 0.25) is 0 Å². The van der Waals surface area contributed by atoms with E-state index in [0.717, 1.165) is 9.80 Å². The molecular formula is C11H16N2O5. The van der Waals surface area contributed by atoms with Crippen LogP contribution in [0.15, 0.2) is 0 Å². The first-order valence-electron chi connectivity index (χ1n) is 5.67. The van der Waals surface area contributed by atoms with E-state index in [1.54, 1.807) is 13.8 Å². The van der Waals surface area contributed by atoms with Crippen molar-refractivity contribution in [1.82, 2.24) is 9.80 Å². The van der Waals surface area contributed by atoms with Crippen molar-refractivity contribution >= 4 is 23.8 Å². The third-order valence-corrected chi connectivity index (χ3v) is 3.07. The molecule has 18 heavy (non-hydrogen) atoms. The first kappa shape index (κ1) is 14.1. The third-order valence-electron chi connectivity index (χ3n) is 3.07. The summed E-state index contributed by atoms with van der Waals surface area (Å²) in [4.78, 5) is 48.0. The number of amides is 4. The van der Waals surface area contributed by atoms with Crippen molar-refractivity contribution in [3.63, 3.8) is 0 Å². The van der Waals surface area contributed by atoms with Crippen molar-refractivity contribution < 1.29 is 24.3 Å². The van der Waals surface area contributed by atoms with Crippen LogP contribution in [0.5, 0.6) is 0 Å². The highest BCUT2D eigenvalue weighted by molar-refractivity contribution is 6.17. The number of carbonyl (C=O) groups excluding carboxylic acids is 3. The molecule has 0 aromatic carbocycles. The lowest BCUT2D eigenvalue weighted by atomic mass is 9.98. The molecule has 1 N–H and O–H groups in total. The van der Waals surface area contributed by atoms with E-state index in [0.29, 0.717) is 6.42 Å². The molecular weight excluding hydrogens is 240 g/mol. The van der Waals surface area contributed by atoms with E-state index >= 15 is 0 Å². The average molecular weight is 256 g/mol. The standard InChI is InChI=1S/C11H16N2O5/c1-4-6(2)13-10(17)7(5-8(14)15)9(16)12(3)11(13)18/h6-7H,4-5H2,1-3H3,(H,14,15). The van der Waals surface area contributed by atoms with Crippen LogP contribution in [0.25, 0.3) is 0 Å². The summed E-state index contributed by atoms with van der Waals surface area (Å²) >= 11 is 0. The minimum atomic E-state index is -1.31. The summed E-state index contributed by atoms with van der Waals surface area (Å²) in [5.74, 6) is -4.03. The molecule has 100 valence electrons. The number of hydrogen-bond acceptors (Lipinski definition) is 4. The number of urea groups is 1. The predicted octanol–water partition coefficient (Wildman–Crippen LogP) is 0.296. The summed E-state index contributed by atoms with van der Waals surface area (Å²) in [6.07, 6.45) is -0.0540. The Hall–Kier alpha value is -1.92. The van der Waals surface area contributed by atoms with Crippen LogP contribution in [0.3, 0.4) is 0 Å². The zero-order valence-electron chi connectivity index (χ0n) is 10.5. The Morgan fingerprint density at radius 2 is 1.89 bits per heavy atom. The second-order valence-electron chi connectivity index (χ2n) is 4.30. The van der Waals surface area contributed by atoms with Gasteiger partial charge in [-0.3, -0.25) is 24.2 Å². The molecule has 0 aromatic rings. The molecule has 1 fully saturated rings. The fourth-order valence-electron chi connectivity index (χ4n) is 1.79. The molecule has 2 atom stereocenters. The van der Waals surface area contributed by atoms with Gasteiger partial charge in [-0.05, 0) is 13.3 Å². The van der Waals surface area contributed by atoms with E-state index < -0.39 is 36.2 Å². The van der Waals surface area contributed by atoms with E-state index in [1.165, 1.54) is 7.05 Å². The van der Waals surface area contributed by atoms with Crippen molar-refractivity contribution in [2.24, 2.45) is 5.92 Å². The molecule has 1 aliphatic rings. The molecule has 0 aromatic heterocycles. The maximum Gasteiger partial charge on any atom is 0.333 e. The summed E-state index contributed by atoms with van der Waals surface area (Å²) < 4.78 is 0. The number of carbonyl (C=O) groups is 4. The Morgan fingerprint density at radius 3 is 2.33 bits per heavy atom. The molecule has 4 amide bonds. The maximum absolute atomic E-state index is 12.0. The molecule has 0 bridgehead atoms. The van der Waals surface area contributed by atoms with Crippen LogP contribution in [0, 0.1) is 5.92 Å². The van der Waals surface area contributed by atoms with Gasteiger partial charge in [0, 0.05) is 13.1 Å². The number of carboxylic acids is 1. The monoisotopic (exact) mass is 256 g/mol. The Morgan fingerprint density at radius 1 is 1.33 bits per heavy atom. The van der Waals surface area contributed by atoms with Gasteiger partial charge in [0.1, 0.15) is 5.92 Å². The van der Waals surface area contributed by atoms with E-state index in [9.17, 15) is 19.2 Å². The van der Waals surface area contributed by atoms with Gasteiger partial charge in [0.25, 0.3) is 0 Å². The summed E-state index contributed by atoms with van der Waals surface area (Å²) in [5, 5.41) is 8.71. The zero-order valence-corrected chi connectivity index (χ0v) is 10.5. The molecule has 7 nitrogen and oxygen atoms in total. The summed E-state index contributed by atoms with van der Waals surface area (Å²) in [6, 6.07) is -1.06. The number of rotatable bonds is 4. The number of barbiturate groups is 1. The van der Waals surface area contributed by atoms with Crippen molar-refractivity contribution in [2.75, 3.05) is 7.05 Å². The molecule has 0 aliphatic carbocycles. The Balaban J connectivity index is 3.08. The number of carboxylic acid groups (broad SMARTS) is 1. The molecule has 0 radical (unpaired) electrons. The van der Waals surface area contributed by atoms with Crippen LogP contribution < -0.4 is 0 Å². The van der Waals surface area contributed by atoms with Crippen LogP contribution >= 0.6 is 0 Å². The molecule has 0 spiro atoms. The van der Waals surface area contributed by atoms with Crippen molar-refractivity contribution in [3.05, 3.63) is 0 Å². The van der Waals surface area contributed by atoms with Gasteiger partial charge in [-0.1, -0.05) is 6.92 Å². The van der Waals surface area contributed by atoms with Gasteiger partial charge in [-0.15, -0.1) is 0 Å². The second-order valence-corrected chi connectivity index (χ2v) is 4.30. The van der Waals surface area contributed by atoms with Gasteiger partial charge < -0.3 is 5.11 Å². The number of nitrogens with zero attached hydrogens (tertiary/aromatic N) is 2. The molecule has 2 unspecified atom stereocenters. The van der Waals surface area contributed by atoms with Gasteiger partial charge in [0.2, 0.25) is 11.8 Å². The fourth-order valence-corrected chi connectivity index (χ4v) is 1.79. The quantitative estimate of drug-likeness (QED) is 0.730. The lowest BCUT2D eigenvalue weighted by molar-refractivity contribution is -0.155. The van der Waals surface area contributed by atoms with Crippen LogP contribution in [-0.4, -0.2) is 51.8 Å². The largest absolute Gasteiger partial charge is 0.481 e. The second kappa shape index (κ2) is 5.16. The fraction of sp³-hybridized carbons (Fsp3) is 0.636. The van der Waals surface area contributed by atoms with E-state index in [-0.39, 0.29) is 6.04 Å². The number of imide groups is 2. The van der Waals surface area contributed by atoms with Gasteiger partial charge in [-0.25, -0.2) is 4.79 Å². The Bertz CT molecular complexity index is 406. The van der Waals surface area contributed by atoms with Gasteiger partial charge in [0.05, 0.1) is 6.42 Å². The molecule has 7 heteroatoms. The van der Waals surface area contributed by atoms with E-state index in [4.69, 9.17) is 5.11 Å². The topological polar surface area (TPSA) is 95.0 Å². The van der Waals surface area contributed by atoms with Gasteiger partial charge in [0.15, 0.2) is 0 Å². The van der Waals surface area contributed by atoms with Crippen LogP contribution in [-0.2, 0) is 14.4 Å². The first-order valence-corrected chi connectivity index (χ1v) is 5.67. The Kier molecular flexibility index (Phi) is 4.05. The number of aliphatic carboxylic acids is 1. The van der Waals surface area contributed by atoms with E-state index in [1.807, 2.05) is 0 Å². The molecule has 1 saturated heterocycles. The highest BCUT2D eigenvalue weighted by atomic mass is 16.4. The minimum absolute atomic E-state index is 0.364. The molecule has 1 aliphatic heterocycles. The molecule has 1 heterocycles. The van der Waals surface area contributed by atoms with Gasteiger partial charge in [-0.2, -0.15) is 0 Å². The maximum atomic E-state index is 12.0. The highest BCUT2D eigenvalue weighted by Crippen LogP contribution is 2.22. The van der Waals surface area contributed by atoms with Crippen LogP contribution in [0.4, 0.5) is 4.79 Å². The van der Waals surface area contributed by atoms with E-state index in [2.05, 4.69) is 0 Å². The zero-order chi connectivity index (χ0) is 14.0. The molecule has 0 saturated carbocycles. The third kappa shape index (κ3) is 2.34. The first-order chi connectivity index (χ1) is 8.31. The minimum Gasteiger partial charge on any atom is -0.481 e. The van der Waals surface area contributed by atoms with Crippen molar-refractivity contribution in [2.45, 2.75) is 32.7 Å². The normalized spacial score (nSPS) is 22.4. The summed E-state index contributed by atoms with van der Waals surface area (Å²) in [6.45, 7) is 3.48. The summed E-state index contributed by atoms with van der Waals surface area (Å²) in [5.41, 5.74) is 0. The lowest BCUT2D eigenvalue weighted by Gasteiger charge is -2.37. The Labute approximate surface area is 104 Å². The SMILES string of the molecule is CCC(C)N1C(=O)C(CC(=O)O)C(=O)N(C)C1=O. The smallest absolute Gasteiger partial charge is 0.333 e. The summed E-state index contributed by atoms with van der Waals surface area (Å²) in [7, 11) is 1.25.